The van der Waals surface area contributed by atoms with E-state index in [0.29, 0.717) is 33.6 Å². The first-order valence-electron chi connectivity index (χ1n) is 14.7. The molecule has 7 rings (SSSR count). The van der Waals surface area contributed by atoms with Crippen molar-refractivity contribution in [2.24, 2.45) is 32.9 Å². The lowest BCUT2D eigenvalue weighted by atomic mass is 9.77. The molecule has 0 atom stereocenters. The van der Waals surface area contributed by atoms with Gasteiger partial charge in [0.2, 0.25) is 0 Å². The van der Waals surface area contributed by atoms with Crippen LogP contribution in [0.2, 0.25) is 0 Å². The number of guanidine groups is 2. The van der Waals surface area contributed by atoms with Gasteiger partial charge in [-0.3, -0.25) is 0 Å². The summed E-state index contributed by atoms with van der Waals surface area (Å²) in [4.78, 5) is 47.1. The van der Waals surface area contributed by atoms with Crippen LogP contribution in [0.25, 0.3) is 0 Å². The highest BCUT2D eigenvalue weighted by atomic mass is 35.5. The maximum atomic E-state index is 13.2. The van der Waals surface area contributed by atoms with E-state index in [1.807, 2.05) is 0 Å². The number of halogens is 1. The van der Waals surface area contributed by atoms with Crippen molar-refractivity contribution in [3.8, 4) is 23.0 Å². The van der Waals surface area contributed by atoms with Gasteiger partial charge in [0.05, 0.1) is 28.1 Å². The lowest BCUT2D eigenvalue weighted by Crippen LogP contribution is -2.33. The molecule has 0 saturated carbocycles. The van der Waals surface area contributed by atoms with Crippen LogP contribution in [-0.2, 0) is 10.3 Å². The fraction of sp³-hybridized carbons (Fsp3) is 0.0278. The van der Waals surface area contributed by atoms with Gasteiger partial charge in [0.25, 0.3) is 0 Å². The van der Waals surface area contributed by atoms with Gasteiger partial charge in [0.1, 0.15) is 23.0 Å². The zero-order valence-electron chi connectivity index (χ0n) is 25.9. The van der Waals surface area contributed by atoms with Gasteiger partial charge in [-0.25, -0.2) is 24.4 Å². The van der Waals surface area contributed by atoms with Crippen LogP contribution < -0.4 is 37.1 Å². The molecule has 0 amide bonds. The number of benzene rings is 5. The molecule has 0 unspecified atom stereocenters. The van der Waals surface area contributed by atoms with Crippen molar-refractivity contribution < 1.29 is 33.3 Å². The summed E-state index contributed by atoms with van der Waals surface area (Å²) in [5.74, 6) is -1.18. The number of hydrogen-bond acceptors (Lipinski definition) is 9. The number of carbonyl (C=O) groups excluding carboxylic acids is 3. The number of aliphatic imine (C=N–C) groups is 2. The first-order chi connectivity index (χ1) is 23.6. The van der Waals surface area contributed by atoms with Gasteiger partial charge in [-0.15, -0.1) is 12.4 Å². The van der Waals surface area contributed by atoms with Crippen LogP contribution in [0.4, 0.5) is 11.4 Å². The van der Waals surface area contributed by atoms with Crippen molar-refractivity contribution in [3.05, 3.63) is 143 Å². The molecular formula is C36H27ClN6O7. The van der Waals surface area contributed by atoms with Crippen LogP contribution in [0.3, 0.4) is 0 Å². The minimum atomic E-state index is -1.40. The van der Waals surface area contributed by atoms with Gasteiger partial charge in [0.15, 0.2) is 17.5 Å². The fourth-order valence-corrected chi connectivity index (χ4v) is 5.74. The van der Waals surface area contributed by atoms with E-state index in [-0.39, 0.29) is 58.5 Å². The van der Waals surface area contributed by atoms with E-state index in [1.165, 1.54) is 36.4 Å². The van der Waals surface area contributed by atoms with E-state index in [4.69, 9.17) is 41.9 Å². The number of hydrogen-bond donors (Lipinski definition) is 4. The molecule has 14 heteroatoms. The van der Waals surface area contributed by atoms with Crippen molar-refractivity contribution in [1.29, 1.82) is 0 Å². The van der Waals surface area contributed by atoms with Gasteiger partial charge in [-0.2, -0.15) is 0 Å². The molecular weight excluding hydrogens is 664 g/mol. The Hall–Kier alpha value is -6.86. The summed E-state index contributed by atoms with van der Waals surface area (Å²) in [5.41, 5.74) is 23.7. The minimum Gasteiger partial charge on any atom is -0.456 e. The lowest BCUT2D eigenvalue weighted by Gasteiger charge is -2.36. The van der Waals surface area contributed by atoms with E-state index < -0.39 is 23.5 Å². The molecule has 0 saturated heterocycles. The Morgan fingerprint density at radius 2 is 1.06 bits per heavy atom. The van der Waals surface area contributed by atoms with Gasteiger partial charge in [0, 0.05) is 28.8 Å². The third kappa shape index (κ3) is 6.00. The van der Waals surface area contributed by atoms with Gasteiger partial charge < -0.3 is 41.9 Å². The van der Waals surface area contributed by atoms with Gasteiger partial charge in [-0.1, -0.05) is 18.2 Å². The van der Waals surface area contributed by atoms with Gasteiger partial charge >= 0.3 is 17.9 Å². The molecule has 2 aliphatic rings. The molecule has 5 aromatic rings. The van der Waals surface area contributed by atoms with E-state index in [0.717, 1.165) is 0 Å². The van der Waals surface area contributed by atoms with Crippen LogP contribution in [0.5, 0.6) is 23.0 Å². The third-order valence-corrected chi connectivity index (χ3v) is 7.80. The van der Waals surface area contributed by atoms with E-state index in [2.05, 4.69) is 9.98 Å². The maximum Gasteiger partial charge on any atom is 0.343 e. The molecule has 0 aliphatic carbocycles. The Labute approximate surface area is 290 Å². The number of ether oxygens (including phenoxy) is 4. The average molecular weight is 691 g/mol. The summed E-state index contributed by atoms with van der Waals surface area (Å²) in [6.45, 7) is 0. The first-order valence-corrected chi connectivity index (χ1v) is 14.7. The number of nitrogens with zero attached hydrogens (tertiary/aromatic N) is 2. The largest absolute Gasteiger partial charge is 0.456 e. The monoisotopic (exact) mass is 690 g/mol. The lowest BCUT2D eigenvalue weighted by molar-refractivity contribution is 0.0224. The minimum absolute atomic E-state index is 0. The summed E-state index contributed by atoms with van der Waals surface area (Å²) in [6, 6.07) is 29.0. The summed E-state index contributed by atoms with van der Waals surface area (Å²) < 4.78 is 23.8. The summed E-state index contributed by atoms with van der Waals surface area (Å²) >= 11 is 0. The first kappa shape index (κ1) is 33.1. The SMILES string of the molecule is Cl.NC(N)=Nc1ccc(C(=O)Oc2ccc3c(c2)Oc2cc(OC(=O)c4ccc(N=C(N)N)cc4)ccc2C32OC(=O)c3ccccc32)cc1. The van der Waals surface area contributed by atoms with Crippen LogP contribution >= 0.6 is 12.4 Å². The normalized spacial score (nSPS) is 12.8. The summed E-state index contributed by atoms with van der Waals surface area (Å²) in [6.07, 6.45) is 0. The highest BCUT2D eigenvalue weighted by Crippen LogP contribution is 2.57. The summed E-state index contributed by atoms with van der Waals surface area (Å²) in [5, 5.41) is 0. The molecule has 2 heterocycles. The number of nitrogens with two attached hydrogens (primary N) is 4. The molecule has 5 aromatic carbocycles. The second-order valence-corrected chi connectivity index (χ2v) is 11.0. The predicted octanol–water partition coefficient (Wildman–Crippen LogP) is 4.92. The second kappa shape index (κ2) is 13.0. The molecule has 0 bridgehead atoms. The smallest absolute Gasteiger partial charge is 0.343 e. The molecule has 0 radical (unpaired) electrons. The highest BCUT2D eigenvalue weighted by Gasteiger charge is 2.53. The summed E-state index contributed by atoms with van der Waals surface area (Å²) in [7, 11) is 0. The zero-order chi connectivity index (χ0) is 34.3. The Bertz CT molecular complexity index is 2100. The topological polar surface area (TPSA) is 217 Å². The number of rotatable bonds is 6. The van der Waals surface area contributed by atoms with Crippen LogP contribution in [0, 0.1) is 0 Å². The Morgan fingerprint density at radius 1 is 0.600 bits per heavy atom. The quantitative estimate of drug-likeness (QED) is 0.0811. The van der Waals surface area contributed by atoms with Gasteiger partial charge in [-0.05, 0) is 78.9 Å². The molecule has 1 spiro atoms. The second-order valence-electron chi connectivity index (χ2n) is 11.0. The van der Waals surface area contributed by atoms with Crippen molar-refractivity contribution in [2.75, 3.05) is 0 Å². The number of esters is 3. The van der Waals surface area contributed by atoms with Crippen LogP contribution in [-0.4, -0.2) is 29.8 Å². The number of carbonyl (C=O) groups is 3. The van der Waals surface area contributed by atoms with Crippen molar-refractivity contribution in [2.45, 2.75) is 5.60 Å². The number of fused-ring (bicyclic) bond motifs is 6. The molecule has 2 aliphatic heterocycles. The Morgan fingerprint density at radius 3 is 1.52 bits per heavy atom. The molecule has 0 fully saturated rings. The maximum absolute atomic E-state index is 13.2. The van der Waals surface area contributed by atoms with Crippen molar-refractivity contribution in [1.82, 2.24) is 0 Å². The molecule has 13 nitrogen and oxygen atoms in total. The van der Waals surface area contributed by atoms with E-state index in [1.54, 1.807) is 72.8 Å². The standard InChI is InChI=1S/C36H26N6O7.ClH/c37-34(38)41-21-9-5-19(6-10-21)31(43)46-23-13-15-27-29(17-23)48-30-18-24(47-32(44)20-7-11-22(12-8-20)42-35(39)40)14-16-28(30)36(27)26-4-2-1-3-25(26)33(45)49-36;/h1-18H,(H4,37,38,41)(H4,39,40,42);1H. The van der Waals surface area contributed by atoms with Crippen LogP contribution in [0.1, 0.15) is 47.8 Å². The van der Waals surface area contributed by atoms with Crippen molar-refractivity contribution in [3.63, 3.8) is 0 Å². The Balaban J connectivity index is 0.00000432. The fourth-order valence-electron chi connectivity index (χ4n) is 5.74. The van der Waals surface area contributed by atoms with Crippen molar-refractivity contribution >= 4 is 53.6 Å². The van der Waals surface area contributed by atoms with E-state index in [9.17, 15) is 14.4 Å². The Kier molecular flexibility index (Phi) is 8.58. The third-order valence-electron chi connectivity index (χ3n) is 7.80. The highest BCUT2D eigenvalue weighted by molar-refractivity contribution is 5.97. The molecule has 8 N–H and O–H groups in total. The molecule has 0 aromatic heterocycles. The molecule has 250 valence electrons. The average Bonchev–Trinajstić information content (AvgIpc) is 3.37. The molecule has 50 heavy (non-hydrogen) atoms. The zero-order valence-corrected chi connectivity index (χ0v) is 26.7. The van der Waals surface area contributed by atoms with E-state index >= 15 is 0 Å². The predicted molar refractivity (Wildman–Crippen MR) is 186 cm³/mol. The van der Waals surface area contributed by atoms with Crippen LogP contribution in [0.15, 0.2) is 119 Å².